The monoisotopic (exact) mass is 382 g/mol. The SMILES string of the molecule is COc1cccc2sc(N3CC(OC(=O)c4ccc(C(C)=O)cc4)C3)nc12. The quantitative estimate of drug-likeness (QED) is 0.497. The number of thiazole rings is 1. The standard InChI is InChI=1S/C20H18N2O4S/c1-12(23)13-6-8-14(9-7-13)19(24)26-15-10-22(11-15)20-21-18-16(25-2)4-3-5-17(18)27-20/h3-9,15H,10-11H2,1-2H3. The molecule has 3 aromatic rings. The van der Waals surface area contributed by atoms with E-state index >= 15 is 0 Å². The second-order valence-electron chi connectivity index (χ2n) is 6.37. The number of ketones is 1. The van der Waals surface area contributed by atoms with Crippen LogP contribution in [0.3, 0.4) is 0 Å². The molecule has 0 amide bonds. The highest BCUT2D eigenvalue weighted by Crippen LogP contribution is 2.36. The molecule has 2 aromatic carbocycles. The first-order valence-electron chi connectivity index (χ1n) is 8.55. The maximum Gasteiger partial charge on any atom is 0.338 e. The molecule has 0 spiro atoms. The summed E-state index contributed by atoms with van der Waals surface area (Å²) < 4.78 is 11.9. The van der Waals surface area contributed by atoms with Crippen LogP contribution < -0.4 is 9.64 Å². The predicted molar refractivity (Wildman–Crippen MR) is 104 cm³/mol. The first kappa shape index (κ1) is 17.5. The number of rotatable bonds is 5. The Bertz CT molecular complexity index is 1010. The van der Waals surface area contributed by atoms with E-state index in [9.17, 15) is 9.59 Å². The van der Waals surface area contributed by atoms with Gasteiger partial charge in [-0.05, 0) is 31.2 Å². The van der Waals surface area contributed by atoms with E-state index in [0.29, 0.717) is 24.2 Å². The number of nitrogens with zero attached hydrogens (tertiary/aromatic N) is 2. The largest absolute Gasteiger partial charge is 0.494 e. The number of hydrogen-bond donors (Lipinski definition) is 0. The lowest BCUT2D eigenvalue weighted by molar-refractivity contribution is 0.0234. The van der Waals surface area contributed by atoms with Crippen molar-refractivity contribution in [1.29, 1.82) is 0 Å². The van der Waals surface area contributed by atoms with Gasteiger partial charge in [-0.1, -0.05) is 29.5 Å². The minimum atomic E-state index is -0.374. The fourth-order valence-corrected chi connectivity index (χ4v) is 3.94. The third-order valence-electron chi connectivity index (χ3n) is 4.51. The number of hydrogen-bond acceptors (Lipinski definition) is 7. The number of ether oxygens (including phenoxy) is 2. The van der Waals surface area contributed by atoms with Gasteiger partial charge in [0.05, 0.1) is 30.5 Å². The highest BCUT2D eigenvalue weighted by molar-refractivity contribution is 7.22. The maximum atomic E-state index is 12.2. The van der Waals surface area contributed by atoms with E-state index < -0.39 is 0 Å². The number of benzene rings is 2. The van der Waals surface area contributed by atoms with Gasteiger partial charge < -0.3 is 14.4 Å². The zero-order chi connectivity index (χ0) is 19.0. The lowest BCUT2D eigenvalue weighted by Crippen LogP contribution is -2.53. The molecule has 1 aromatic heterocycles. The molecule has 138 valence electrons. The van der Waals surface area contributed by atoms with Crippen LogP contribution in [0.1, 0.15) is 27.6 Å². The van der Waals surface area contributed by atoms with Crippen molar-refractivity contribution in [3.8, 4) is 5.75 Å². The summed E-state index contributed by atoms with van der Waals surface area (Å²) in [5.41, 5.74) is 1.88. The number of aromatic nitrogens is 1. The van der Waals surface area contributed by atoms with E-state index in [2.05, 4.69) is 9.88 Å². The van der Waals surface area contributed by atoms with Crippen molar-refractivity contribution in [3.63, 3.8) is 0 Å². The van der Waals surface area contributed by atoms with Crippen LogP contribution in [0.15, 0.2) is 42.5 Å². The second-order valence-corrected chi connectivity index (χ2v) is 7.38. The van der Waals surface area contributed by atoms with E-state index in [1.165, 1.54) is 6.92 Å². The van der Waals surface area contributed by atoms with Crippen LogP contribution in [-0.4, -0.2) is 43.0 Å². The molecule has 0 radical (unpaired) electrons. The Balaban J connectivity index is 1.38. The molecule has 1 fully saturated rings. The molecule has 0 N–H and O–H groups in total. The topological polar surface area (TPSA) is 68.7 Å². The van der Waals surface area contributed by atoms with Crippen LogP contribution in [0.2, 0.25) is 0 Å². The Kier molecular flexibility index (Phi) is 4.53. The number of para-hydroxylation sites is 1. The van der Waals surface area contributed by atoms with Crippen LogP contribution in [0.4, 0.5) is 5.13 Å². The molecule has 4 rings (SSSR count). The molecule has 0 saturated carbocycles. The Morgan fingerprint density at radius 3 is 2.48 bits per heavy atom. The summed E-state index contributed by atoms with van der Waals surface area (Å²) in [5.74, 6) is 0.352. The molecule has 6 nitrogen and oxygen atoms in total. The fourth-order valence-electron chi connectivity index (χ4n) is 2.94. The number of anilines is 1. The Hall–Kier alpha value is -2.93. The fraction of sp³-hybridized carbons (Fsp3) is 0.250. The molecule has 27 heavy (non-hydrogen) atoms. The van der Waals surface area contributed by atoms with Gasteiger partial charge in [-0.2, -0.15) is 0 Å². The lowest BCUT2D eigenvalue weighted by Gasteiger charge is -2.38. The van der Waals surface area contributed by atoms with Gasteiger partial charge in [0.15, 0.2) is 10.9 Å². The summed E-state index contributed by atoms with van der Waals surface area (Å²) in [4.78, 5) is 30.3. The molecule has 1 aliphatic rings. The molecule has 1 aliphatic heterocycles. The zero-order valence-corrected chi connectivity index (χ0v) is 15.8. The van der Waals surface area contributed by atoms with Gasteiger partial charge in [0.1, 0.15) is 17.4 Å². The zero-order valence-electron chi connectivity index (χ0n) is 15.0. The Morgan fingerprint density at radius 2 is 1.81 bits per heavy atom. The normalized spacial score (nSPS) is 14.1. The average molecular weight is 382 g/mol. The Morgan fingerprint density at radius 1 is 1.11 bits per heavy atom. The summed E-state index contributed by atoms with van der Waals surface area (Å²) in [5, 5.41) is 0.896. The van der Waals surface area contributed by atoms with Crippen molar-refractivity contribution in [2.24, 2.45) is 0 Å². The average Bonchev–Trinajstić information content (AvgIpc) is 3.07. The molecule has 0 bridgehead atoms. The molecule has 1 saturated heterocycles. The number of carbonyl (C=O) groups excluding carboxylic acids is 2. The van der Waals surface area contributed by atoms with E-state index in [4.69, 9.17) is 9.47 Å². The number of esters is 1. The van der Waals surface area contributed by atoms with Gasteiger partial charge in [0.2, 0.25) is 0 Å². The molecule has 0 aliphatic carbocycles. The number of methoxy groups -OCH3 is 1. The first-order chi connectivity index (χ1) is 13.0. The molecule has 2 heterocycles. The van der Waals surface area contributed by atoms with Crippen LogP contribution in [0.25, 0.3) is 10.2 Å². The van der Waals surface area contributed by atoms with Crippen molar-refractivity contribution >= 4 is 38.4 Å². The Labute approximate surface area is 160 Å². The van der Waals surface area contributed by atoms with Crippen LogP contribution in [0, 0.1) is 0 Å². The van der Waals surface area contributed by atoms with E-state index in [1.54, 1.807) is 42.7 Å². The summed E-state index contributed by atoms with van der Waals surface area (Å²) in [6, 6.07) is 12.4. The summed E-state index contributed by atoms with van der Waals surface area (Å²) in [6.07, 6.45) is -0.168. The van der Waals surface area contributed by atoms with E-state index in [1.807, 2.05) is 18.2 Å². The van der Waals surface area contributed by atoms with E-state index in [0.717, 1.165) is 21.1 Å². The van der Waals surface area contributed by atoms with Gasteiger partial charge in [0, 0.05) is 5.56 Å². The smallest absolute Gasteiger partial charge is 0.338 e. The van der Waals surface area contributed by atoms with Crippen LogP contribution in [-0.2, 0) is 4.74 Å². The summed E-state index contributed by atoms with van der Waals surface area (Å²) >= 11 is 1.59. The van der Waals surface area contributed by atoms with Gasteiger partial charge in [-0.15, -0.1) is 0 Å². The molecular formula is C20H18N2O4S. The maximum absolute atomic E-state index is 12.2. The summed E-state index contributed by atoms with van der Waals surface area (Å²) in [6.45, 7) is 2.71. The minimum absolute atomic E-state index is 0.0305. The third kappa shape index (κ3) is 3.38. The minimum Gasteiger partial charge on any atom is -0.494 e. The predicted octanol–water partition coefficient (Wildman–Crippen LogP) is 3.55. The summed E-state index contributed by atoms with van der Waals surface area (Å²) in [7, 11) is 1.63. The lowest BCUT2D eigenvalue weighted by atomic mass is 10.1. The highest BCUT2D eigenvalue weighted by Gasteiger charge is 2.32. The van der Waals surface area contributed by atoms with E-state index in [-0.39, 0.29) is 17.9 Å². The van der Waals surface area contributed by atoms with Crippen molar-refractivity contribution in [2.45, 2.75) is 13.0 Å². The van der Waals surface area contributed by atoms with Crippen LogP contribution in [0.5, 0.6) is 5.75 Å². The molecule has 0 atom stereocenters. The number of carbonyl (C=O) groups is 2. The van der Waals surface area contributed by atoms with Gasteiger partial charge >= 0.3 is 5.97 Å². The second kappa shape index (κ2) is 7.00. The molecule has 0 unspecified atom stereocenters. The highest BCUT2D eigenvalue weighted by atomic mass is 32.1. The van der Waals surface area contributed by atoms with Crippen LogP contribution >= 0.6 is 11.3 Å². The van der Waals surface area contributed by atoms with Crippen molar-refractivity contribution in [3.05, 3.63) is 53.6 Å². The number of Topliss-reactive ketones (excluding diaryl/α,β-unsaturated/α-hetero) is 1. The van der Waals surface area contributed by atoms with Crippen molar-refractivity contribution < 1.29 is 19.1 Å². The molecular weight excluding hydrogens is 364 g/mol. The number of fused-ring (bicyclic) bond motifs is 1. The van der Waals surface area contributed by atoms with Gasteiger partial charge in [0.25, 0.3) is 0 Å². The molecule has 7 heteroatoms. The van der Waals surface area contributed by atoms with Gasteiger partial charge in [-0.25, -0.2) is 9.78 Å². The van der Waals surface area contributed by atoms with Crippen molar-refractivity contribution in [1.82, 2.24) is 4.98 Å². The third-order valence-corrected chi connectivity index (χ3v) is 5.59. The van der Waals surface area contributed by atoms with Crippen molar-refractivity contribution in [2.75, 3.05) is 25.1 Å². The van der Waals surface area contributed by atoms with Gasteiger partial charge in [-0.3, -0.25) is 4.79 Å². The first-order valence-corrected chi connectivity index (χ1v) is 9.37.